The minimum Gasteiger partial charge on any atom is -0.347 e. The molecule has 6 heteroatoms. The van der Waals surface area contributed by atoms with Crippen LogP contribution < -0.4 is 5.32 Å². The van der Waals surface area contributed by atoms with Crippen molar-refractivity contribution in [2.75, 3.05) is 13.1 Å². The molecule has 1 spiro atoms. The first-order valence-electron chi connectivity index (χ1n) is 10.1. The van der Waals surface area contributed by atoms with E-state index in [0.717, 1.165) is 32.5 Å². The zero-order valence-corrected chi connectivity index (χ0v) is 15.9. The van der Waals surface area contributed by atoms with Gasteiger partial charge in [-0.3, -0.25) is 9.59 Å². The van der Waals surface area contributed by atoms with Crippen molar-refractivity contribution in [3.63, 3.8) is 0 Å². The van der Waals surface area contributed by atoms with Crippen LogP contribution >= 0.6 is 0 Å². The summed E-state index contributed by atoms with van der Waals surface area (Å²) in [5.74, 6) is 1.59. The largest absolute Gasteiger partial charge is 0.347 e. The van der Waals surface area contributed by atoms with E-state index >= 15 is 0 Å². The van der Waals surface area contributed by atoms with E-state index in [4.69, 9.17) is 0 Å². The third-order valence-corrected chi connectivity index (χ3v) is 6.77. The molecule has 26 heavy (non-hydrogen) atoms. The highest BCUT2D eigenvalue weighted by atomic mass is 16.2. The number of nitrogens with one attached hydrogen (secondary N) is 1. The third-order valence-electron chi connectivity index (χ3n) is 6.77. The van der Waals surface area contributed by atoms with Gasteiger partial charge in [-0.1, -0.05) is 0 Å². The van der Waals surface area contributed by atoms with Crippen molar-refractivity contribution >= 4 is 11.8 Å². The Bertz CT molecular complexity index is 686. The van der Waals surface area contributed by atoms with Crippen LogP contribution in [0.5, 0.6) is 0 Å². The summed E-state index contributed by atoms with van der Waals surface area (Å²) in [5, 5.41) is 3.08. The quantitative estimate of drug-likeness (QED) is 0.849. The molecule has 1 aromatic rings. The van der Waals surface area contributed by atoms with Crippen molar-refractivity contribution in [1.29, 1.82) is 0 Å². The zero-order chi connectivity index (χ0) is 18.3. The Morgan fingerprint density at radius 2 is 2.15 bits per heavy atom. The molecule has 3 aliphatic rings. The van der Waals surface area contributed by atoms with E-state index in [1.165, 1.54) is 25.7 Å². The summed E-state index contributed by atoms with van der Waals surface area (Å²) in [7, 11) is 0. The molecule has 1 aromatic heterocycles. The highest BCUT2D eigenvalue weighted by Crippen LogP contribution is 2.64. The maximum atomic E-state index is 12.6. The molecule has 0 radical (unpaired) electrons. The number of amides is 2. The number of hydrogen-bond donors (Lipinski definition) is 1. The summed E-state index contributed by atoms with van der Waals surface area (Å²) in [6.45, 7) is 6.35. The maximum absolute atomic E-state index is 12.6. The van der Waals surface area contributed by atoms with Gasteiger partial charge < -0.3 is 14.8 Å². The fourth-order valence-corrected chi connectivity index (χ4v) is 4.85. The molecule has 2 heterocycles. The van der Waals surface area contributed by atoms with Crippen molar-refractivity contribution in [2.24, 2.45) is 17.3 Å². The highest BCUT2D eigenvalue weighted by Gasteiger charge is 2.53. The van der Waals surface area contributed by atoms with Gasteiger partial charge in [0.25, 0.3) is 5.91 Å². The number of likely N-dealkylation sites (tertiary alicyclic amines) is 1. The summed E-state index contributed by atoms with van der Waals surface area (Å²) in [6.07, 6.45) is 10.5. The van der Waals surface area contributed by atoms with Crippen LogP contribution in [0.3, 0.4) is 0 Å². The van der Waals surface area contributed by atoms with Crippen LogP contribution in [0.1, 0.15) is 63.0 Å². The van der Waals surface area contributed by atoms with Crippen molar-refractivity contribution in [2.45, 2.75) is 65.0 Å². The number of hydrogen-bond acceptors (Lipinski definition) is 3. The number of aryl methyl sites for hydroxylation is 1. The van der Waals surface area contributed by atoms with E-state index in [0.29, 0.717) is 29.0 Å². The molecule has 2 unspecified atom stereocenters. The van der Waals surface area contributed by atoms with Crippen LogP contribution in [0.4, 0.5) is 0 Å². The first-order valence-corrected chi connectivity index (χ1v) is 10.1. The molecule has 2 saturated carbocycles. The lowest BCUT2D eigenvalue weighted by Crippen LogP contribution is -2.41. The van der Waals surface area contributed by atoms with Crippen molar-refractivity contribution in [1.82, 2.24) is 19.8 Å². The molecule has 3 fully saturated rings. The van der Waals surface area contributed by atoms with Gasteiger partial charge in [-0.2, -0.15) is 0 Å². The van der Waals surface area contributed by atoms with Gasteiger partial charge in [-0.25, -0.2) is 4.98 Å². The van der Waals surface area contributed by atoms with Gasteiger partial charge in [-0.15, -0.1) is 0 Å². The number of carbonyl (C=O) groups is 2. The van der Waals surface area contributed by atoms with Crippen LogP contribution in [0.2, 0.25) is 0 Å². The summed E-state index contributed by atoms with van der Waals surface area (Å²) < 4.78 is 1.85. The van der Waals surface area contributed by atoms with Gasteiger partial charge in [0.1, 0.15) is 0 Å². The molecule has 2 atom stereocenters. The van der Waals surface area contributed by atoms with Gasteiger partial charge in [0.2, 0.25) is 5.91 Å². The molecule has 1 saturated heterocycles. The second kappa shape index (κ2) is 6.71. The second-order valence-corrected chi connectivity index (χ2v) is 8.67. The molecular weight excluding hydrogens is 328 g/mol. The van der Waals surface area contributed by atoms with E-state index in [-0.39, 0.29) is 11.9 Å². The lowest BCUT2D eigenvalue weighted by molar-refractivity contribution is -0.132. The van der Waals surface area contributed by atoms with Crippen molar-refractivity contribution < 1.29 is 9.59 Å². The molecule has 2 amide bonds. The summed E-state index contributed by atoms with van der Waals surface area (Å²) >= 11 is 0. The average molecular weight is 358 g/mol. The Labute approximate surface area is 155 Å². The predicted molar refractivity (Wildman–Crippen MR) is 98.5 cm³/mol. The van der Waals surface area contributed by atoms with Gasteiger partial charge in [0.15, 0.2) is 5.82 Å². The van der Waals surface area contributed by atoms with E-state index in [9.17, 15) is 9.59 Å². The second-order valence-electron chi connectivity index (χ2n) is 8.67. The minimum atomic E-state index is -0.127. The molecule has 142 valence electrons. The lowest BCUT2D eigenvalue weighted by Gasteiger charge is -2.36. The van der Waals surface area contributed by atoms with Gasteiger partial charge in [0, 0.05) is 44.5 Å². The van der Waals surface area contributed by atoms with Crippen LogP contribution in [0, 0.1) is 17.3 Å². The normalized spacial score (nSPS) is 25.2. The van der Waals surface area contributed by atoms with Crippen LogP contribution in [-0.4, -0.2) is 45.4 Å². The molecule has 0 bridgehead atoms. The topological polar surface area (TPSA) is 67.2 Å². The fourth-order valence-electron chi connectivity index (χ4n) is 4.85. The van der Waals surface area contributed by atoms with E-state index < -0.39 is 0 Å². The Balaban J connectivity index is 1.25. The maximum Gasteiger partial charge on any atom is 0.287 e. The Kier molecular flexibility index (Phi) is 4.53. The van der Waals surface area contributed by atoms with Gasteiger partial charge in [0.05, 0.1) is 0 Å². The lowest BCUT2D eigenvalue weighted by atomic mass is 9.70. The minimum absolute atomic E-state index is 0.0424. The first kappa shape index (κ1) is 17.6. The van der Waals surface area contributed by atoms with Crippen LogP contribution in [0.15, 0.2) is 12.4 Å². The molecule has 4 rings (SSSR count). The highest BCUT2D eigenvalue weighted by molar-refractivity contribution is 5.91. The third kappa shape index (κ3) is 3.38. The Hall–Kier alpha value is -1.85. The molecule has 2 aliphatic carbocycles. The summed E-state index contributed by atoms with van der Waals surface area (Å²) in [4.78, 5) is 31.2. The number of rotatable bonds is 6. The molecular formula is C20H30N4O2. The van der Waals surface area contributed by atoms with E-state index in [1.807, 2.05) is 29.5 Å². The smallest absolute Gasteiger partial charge is 0.287 e. The summed E-state index contributed by atoms with van der Waals surface area (Å²) in [6, 6.07) is 0.0424. The summed E-state index contributed by atoms with van der Waals surface area (Å²) in [5.41, 5.74) is 0.668. The standard InChI is InChI=1S/C20H30N4O2/c1-3-23-9-7-21-18(23)19(26)22-14(2)16-4-8-24(13-16)17(25)10-15-11-20(12-15)5-6-20/h7,9,14-16H,3-6,8,10-13H2,1-2H3,(H,22,26). The number of aromatic nitrogens is 2. The monoisotopic (exact) mass is 358 g/mol. The van der Waals surface area contributed by atoms with Crippen LogP contribution in [-0.2, 0) is 11.3 Å². The Morgan fingerprint density at radius 1 is 1.38 bits per heavy atom. The van der Waals surface area contributed by atoms with Crippen LogP contribution in [0.25, 0.3) is 0 Å². The Morgan fingerprint density at radius 3 is 2.85 bits per heavy atom. The van der Waals surface area contributed by atoms with E-state index in [1.54, 1.807) is 6.20 Å². The number of imidazole rings is 1. The van der Waals surface area contributed by atoms with E-state index in [2.05, 4.69) is 10.3 Å². The van der Waals surface area contributed by atoms with Crippen molar-refractivity contribution in [3.05, 3.63) is 18.2 Å². The predicted octanol–water partition coefficient (Wildman–Crippen LogP) is 2.45. The molecule has 1 N–H and O–H groups in total. The zero-order valence-electron chi connectivity index (χ0n) is 15.9. The molecule has 0 aromatic carbocycles. The fraction of sp³-hybridized carbons (Fsp3) is 0.750. The average Bonchev–Trinajstić information content (AvgIpc) is 3.05. The molecule has 1 aliphatic heterocycles. The SMILES string of the molecule is CCn1ccnc1C(=O)NC(C)C1CCN(C(=O)CC2CC3(CC3)C2)C1. The van der Waals surface area contributed by atoms with Crippen molar-refractivity contribution in [3.8, 4) is 0 Å². The first-order chi connectivity index (χ1) is 12.5. The molecule has 6 nitrogen and oxygen atoms in total. The number of carbonyl (C=O) groups excluding carboxylic acids is 2. The number of nitrogens with zero attached hydrogens (tertiary/aromatic N) is 3. The van der Waals surface area contributed by atoms with Gasteiger partial charge >= 0.3 is 0 Å². The van der Waals surface area contributed by atoms with Gasteiger partial charge in [-0.05, 0) is 63.2 Å².